The standard InChI is InChI=1S/C18H25N5O3/c1-22(2)18(25)10-11-19-17(24)9-6-12-23-13-15(20-21-23)14-26-16-7-4-3-5-8-16/h3-5,7-8,13H,6,9-12,14H2,1-2H3,(H,19,24). The first-order chi connectivity index (χ1) is 12.5. The molecule has 0 saturated heterocycles. The van der Waals surface area contributed by atoms with Gasteiger partial charge >= 0.3 is 0 Å². The van der Waals surface area contributed by atoms with Gasteiger partial charge in [0, 0.05) is 40.0 Å². The monoisotopic (exact) mass is 359 g/mol. The summed E-state index contributed by atoms with van der Waals surface area (Å²) < 4.78 is 7.32. The van der Waals surface area contributed by atoms with Crippen molar-refractivity contribution in [2.75, 3.05) is 20.6 Å². The minimum absolute atomic E-state index is 0.00170. The van der Waals surface area contributed by atoms with Crippen molar-refractivity contribution in [3.8, 4) is 5.75 Å². The number of ether oxygens (including phenoxy) is 1. The fourth-order valence-electron chi connectivity index (χ4n) is 2.21. The topological polar surface area (TPSA) is 89.4 Å². The minimum Gasteiger partial charge on any atom is -0.487 e. The van der Waals surface area contributed by atoms with Crippen molar-refractivity contribution in [2.24, 2.45) is 0 Å². The van der Waals surface area contributed by atoms with Crippen molar-refractivity contribution >= 4 is 11.8 Å². The van der Waals surface area contributed by atoms with Crippen LogP contribution >= 0.6 is 0 Å². The summed E-state index contributed by atoms with van der Waals surface area (Å²) in [5.41, 5.74) is 0.737. The van der Waals surface area contributed by atoms with Gasteiger partial charge in [-0.2, -0.15) is 0 Å². The van der Waals surface area contributed by atoms with Crippen molar-refractivity contribution in [1.29, 1.82) is 0 Å². The molecule has 0 saturated carbocycles. The summed E-state index contributed by atoms with van der Waals surface area (Å²) in [6, 6.07) is 9.52. The van der Waals surface area contributed by atoms with Crippen LogP contribution in [0.4, 0.5) is 0 Å². The molecule has 140 valence electrons. The molecule has 2 amide bonds. The van der Waals surface area contributed by atoms with E-state index in [-0.39, 0.29) is 11.8 Å². The number of hydrogen-bond acceptors (Lipinski definition) is 5. The van der Waals surface area contributed by atoms with E-state index in [1.807, 2.05) is 36.5 Å². The highest BCUT2D eigenvalue weighted by atomic mass is 16.5. The van der Waals surface area contributed by atoms with Crippen LogP contribution in [0.2, 0.25) is 0 Å². The normalized spacial score (nSPS) is 10.4. The first kappa shape index (κ1) is 19.4. The third kappa shape index (κ3) is 6.92. The number of carbonyl (C=O) groups excluding carboxylic acids is 2. The number of nitrogens with zero attached hydrogens (tertiary/aromatic N) is 4. The molecule has 0 bridgehead atoms. The molecule has 0 spiro atoms. The average molecular weight is 359 g/mol. The molecule has 1 N–H and O–H groups in total. The van der Waals surface area contributed by atoms with Gasteiger partial charge in [-0.05, 0) is 18.6 Å². The zero-order chi connectivity index (χ0) is 18.8. The molecule has 1 aromatic heterocycles. The van der Waals surface area contributed by atoms with Gasteiger partial charge in [0.2, 0.25) is 11.8 Å². The number of carbonyl (C=O) groups is 2. The first-order valence-corrected chi connectivity index (χ1v) is 8.58. The summed E-state index contributed by atoms with van der Waals surface area (Å²) >= 11 is 0. The molecule has 0 radical (unpaired) electrons. The largest absolute Gasteiger partial charge is 0.487 e. The van der Waals surface area contributed by atoms with Crippen LogP contribution in [0, 0.1) is 0 Å². The molecule has 8 heteroatoms. The first-order valence-electron chi connectivity index (χ1n) is 8.58. The summed E-state index contributed by atoms with van der Waals surface area (Å²) in [5, 5.41) is 10.8. The minimum atomic E-state index is -0.0655. The number of rotatable bonds is 10. The Morgan fingerprint density at radius 1 is 1.19 bits per heavy atom. The van der Waals surface area contributed by atoms with E-state index in [0.717, 1.165) is 11.4 Å². The number of hydrogen-bond donors (Lipinski definition) is 1. The number of benzene rings is 1. The fourth-order valence-corrected chi connectivity index (χ4v) is 2.21. The van der Waals surface area contributed by atoms with Gasteiger partial charge in [-0.25, -0.2) is 0 Å². The molecule has 2 rings (SSSR count). The average Bonchev–Trinajstić information content (AvgIpc) is 3.08. The second-order valence-electron chi connectivity index (χ2n) is 6.07. The van der Waals surface area contributed by atoms with Crippen LogP contribution in [0.15, 0.2) is 36.5 Å². The Balaban J connectivity index is 1.62. The summed E-state index contributed by atoms with van der Waals surface area (Å²) in [4.78, 5) is 24.7. The molecule has 26 heavy (non-hydrogen) atoms. The van der Waals surface area contributed by atoms with E-state index in [2.05, 4.69) is 15.6 Å². The second kappa shape index (κ2) is 10.2. The van der Waals surface area contributed by atoms with E-state index in [4.69, 9.17) is 4.74 Å². The van der Waals surface area contributed by atoms with Gasteiger partial charge in [0.05, 0.1) is 6.20 Å². The summed E-state index contributed by atoms with van der Waals surface area (Å²) in [7, 11) is 3.39. The van der Waals surface area contributed by atoms with Crippen molar-refractivity contribution in [2.45, 2.75) is 32.4 Å². The van der Waals surface area contributed by atoms with Crippen LogP contribution in [0.25, 0.3) is 0 Å². The van der Waals surface area contributed by atoms with Crippen LogP contribution in [0.3, 0.4) is 0 Å². The number of nitrogens with one attached hydrogen (secondary N) is 1. The van der Waals surface area contributed by atoms with Gasteiger partial charge in [0.1, 0.15) is 18.1 Å². The molecule has 1 aromatic carbocycles. The van der Waals surface area contributed by atoms with Crippen LogP contribution in [0.5, 0.6) is 5.75 Å². The molecular formula is C18H25N5O3. The van der Waals surface area contributed by atoms with Gasteiger partial charge in [0.25, 0.3) is 0 Å². The number of aryl methyl sites for hydroxylation is 1. The lowest BCUT2D eigenvalue weighted by Gasteiger charge is -2.10. The Kier molecular flexibility index (Phi) is 7.60. The van der Waals surface area contributed by atoms with Crippen molar-refractivity contribution in [1.82, 2.24) is 25.2 Å². The Morgan fingerprint density at radius 3 is 2.69 bits per heavy atom. The van der Waals surface area contributed by atoms with Crippen LogP contribution in [-0.4, -0.2) is 52.3 Å². The fraction of sp³-hybridized carbons (Fsp3) is 0.444. The van der Waals surface area contributed by atoms with Crippen LogP contribution in [0.1, 0.15) is 25.0 Å². The Labute approximate surface area is 153 Å². The lowest BCUT2D eigenvalue weighted by atomic mass is 10.3. The maximum Gasteiger partial charge on any atom is 0.223 e. The molecule has 0 aliphatic carbocycles. The van der Waals surface area contributed by atoms with E-state index < -0.39 is 0 Å². The van der Waals surface area contributed by atoms with Gasteiger partial charge in [-0.3, -0.25) is 14.3 Å². The number of para-hydroxylation sites is 1. The van der Waals surface area contributed by atoms with E-state index >= 15 is 0 Å². The number of amides is 2. The predicted octanol–water partition coefficient (Wildman–Crippen LogP) is 1.23. The molecule has 2 aromatic rings. The second-order valence-corrected chi connectivity index (χ2v) is 6.07. The van der Waals surface area contributed by atoms with Gasteiger partial charge in [0.15, 0.2) is 0 Å². The summed E-state index contributed by atoms with van der Waals surface area (Å²) in [6.07, 6.45) is 3.16. The zero-order valence-corrected chi connectivity index (χ0v) is 15.2. The van der Waals surface area contributed by atoms with Gasteiger partial charge in [-0.15, -0.1) is 5.10 Å². The van der Waals surface area contributed by atoms with E-state index in [9.17, 15) is 9.59 Å². The SMILES string of the molecule is CN(C)C(=O)CCNC(=O)CCCn1cc(COc2ccccc2)nn1. The number of aromatic nitrogens is 3. The predicted molar refractivity (Wildman–Crippen MR) is 96.4 cm³/mol. The van der Waals surface area contributed by atoms with Gasteiger partial charge < -0.3 is 15.0 Å². The molecule has 0 atom stereocenters. The van der Waals surface area contributed by atoms with Crippen molar-refractivity contribution < 1.29 is 14.3 Å². The highest BCUT2D eigenvalue weighted by Crippen LogP contribution is 2.10. The van der Waals surface area contributed by atoms with Crippen molar-refractivity contribution in [3.05, 3.63) is 42.2 Å². The quantitative estimate of drug-likeness (QED) is 0.689. The highest BCUT2D eigenvalue weighted by molar-refractivity contribution is 5.78. The lowest BCUT2D eigenvalue weighted by Crippen LogP contribution is -2.30. The summed E-state index contributed by atoms with van der Waals surface area (Å²) in [6.45, 7) is 1.31. The Bertz CT molecular complexity index is 700. The molecular weight excluding hydrogens is 334 g/mol. The molecule has 0 aliphatic heterocycles. The Hall–Kier alpha value is -2.90. The summed E-state index contributed by atoms with van der Waals surface area (Å²) in [5.74, 6) is 0.717. The van der Waals surface area contributed by atoms with Crippen LogP contribution < -0.4 is 10.1 Å². The van der Waals surface area contributed by atoms with Crippen LogP contribution in [-0.2, 0) is 22.7 Å². The van der Waals surface area contributed by atoms with Gasteiger partial charge in [-0.1, -0.05) is 23.4 Å². The smallest absolute Gasteiger partial charge is 0.223 e. The van der Waals surface area contributed by atoms with E-state index in [0.29, 0.717) is 39.0 Å². The maximum atomic E-state index is 11.7. The molecule has 8 nitrogen and oxygen atoms in total. The zero-order valence-electron chi connectivity index (χ0n) is 15.2. The maximum absolute atomic E-state index is 11.7. The Morgan fingerprint density at radius 2 is 1.96 bits per heavy atom. The van der Waals surface area contributed by atoms with E-state index in [1.54, 1.807) is 18.8 Å². The third-order valence-electron chi connectivity index (χ3n) is 3.67. The molecule has 0 unspecified atom stereocenters. The third-order valence-corrected chi connectivity index (χ3v) is 3.67. The van der Waals surface area contributed by atoms with E-state index in [1.165, 1.54) is 4.90 Å². The highest BCUT2D eigenvalue weighted by Gasteiger charge is 2.07. The molecule has 1 heterocycles. The lowest BCUT2D eigenvalue weighted by molar-refractivity contribution is -0.128. The molecule has 0 fully saturated rings. The molecule has 0 aliphatic rings. The van der Waals surface area contributed by atoms with Crippen molar-refractivity contribution in [3.63, 3.8) is 0 Å².